The number of imide groups is 1. The Morgan fingerprint density at radius 3 is 2.41 bits per heavy atom. The van der Waals surface area contributed by atoms with Crippen LogP contribution in [-0.2, 0) is 4.79 Å². The largest absolute Gasteiger partial charge is 0.420 e. The maximum Gasteiger partial charge on any atom is 0.420 e. The standard InChI is InChI=1S/C9H14F3N3O2/c1-8(9(10,11)12)6(16)15(7(17)14-8)5-3-4-13-2/h13H,3-5H2,1-2H3,(H,14,17). The number of carbonyl (C=O) groups is 2. The smallest absolute Gasteiger partial charge is 0.320 e. The Morgan fingerprint density at radius 2 is 2.00 bits per heavy atom. The highest BCUT2D eigenvalue weighted by Gasteiger charge is 2.64. The van der Waals surface area contributed by atoms with Crippen molar-refractivity contribution in [2.75, 3.05) is 20.1 Å². The first kappa shape index (κ1) is 13.8. The molecule has 0 aliphatic carbocycles. The van der Waals surface area contributed by atoms with Gasteiger partial charge in [0, 0.05) is 6.54 Å². The summed E-state index contributed by atoms with van der Waals surface area (Å²) in [6, 6.07) is -0.995. The van der Waals surface area contributed by atoms with Gasteiger partial charge in [0.1, 0.15) is 0 Å². The van der Waals surface area contributed by atoms with Gasteiger partial charge in [-0.1, -0.05) is 0 Å². The minimum Gasteiger partial charge on any atom is -0.320 e. The van der Waals surface area contributed by atoms with Gasteiger partial charge >= 0.3 is 12.2 Å². The van der Waals surface area contributed by atoms with E-state index in [0.717, 1.165) is 0 Å². The summed E-state index contributed by atoms with van der Waals surface area (Å²) in [5.74, 6) is -1.24. The predicted molar refractivity (Wildman–Crippen MR) is 53.2 cm³/mol. The van der Waals surface area contributed by atoms with E-state index >= 15 is 0 Å². The first-order valence-corrected chi connectivity index (χ1v) is 5.09. The third kappa shape index (κ3) is 2.36. The molecule has 98 valence electrons. The molecule has 0 saturated carbocycles. The molecule has 0 aromatic rings. The van der Waals surface area contributed by atoms with Gasteiger partial charge in [-0.15, -0.1) is 0 Å². The Labute approximate surface area is 96.3 Å². The number of nitrogens with zero attached hydrogens (tertiary/aromatic N) is 1. The highest BCUT2D eigenvalue weighted by Crippen LogP contribution is 2.35. The molecule has 1 rings (SSSR count). The van der Waals surface area contributed by atoms with Crippen LogP contribution in [-0.4, -0.2) is 48.7 Å². The molecule has 17 heavy (non-hydrogen) atoms. The lowest BCUT2D eigenvalue weighted by molar-refractivity contribution is -0.191. The molecule has 0 aromatic carbocycles. The van der Waals surface area contributed by atoms with Gasteiger partial charge in [0.2, 0.25) is 5.54 Å². The molecular formula is C9H14F3N3O2. The van der Waals surface area contributed by atoms with Gasteiger partial charge < -0.3 is 10.6 Å². The number of hydrogen-bond donors (Lipinski definition) is 2. The average molecular weight is 253 g/mol. The first-order valence-electron chi connectivity index (χ1n) is 5.09. The van der Waals surface area contributed by atoms with E-state index < -0.39 is 23.7 Å². The van der Waals surface area contributed by atoms with Gasteiger partial charge in [0.25, 0.3) is 5.91 Å². The van der Waals surface area contributed by atoms with E-state index in [1.54, 1.807) is 12.4 Å². The molecule has 1 fully saturated rings. The molecule has 0 aromatic heterocycles. The molecule has 0 bridgehead atoms. The van der Waals surface area contributed by atoms with Gasteiger partial charge in [-0.2, -0.15) is 13.2 Å². The zero-order chi connectivity index (χ0) is 13.3. The molecule has 2 N–H and O–H groups in total. The van der Waals surface area contributed by atoms with Crippen LogP contribution in [0.2, 0.25) is 0 Å². The summed E-state index contributed by atoms with van der Waals surface area (Å²) in [7, 11) is 1.67. The summed E-state index contributed by atoms with van der Waals surface area (Å²) < 4.78 is 38.0. The van der Waals surface area contributed by atoms with Crippen molar-refractivity contribution in [3.8, 4) is 0 Å². The zero-order valence-electron chi connectivity index (χ0n) is 9.52. The summed E-state index contributed by atoms with van der Waals surface area (Å²) in [6.45, 7) is 1.16. The van der Waals surface area contributed by atoms with Gasteiger partial charge in [-0.3, -0.25) is 9.69 Å². The third-order valence-electron chi connectivity index (χ3n) is 2.65. The van der Waals surface area contributed by atoms with E-state index in [2.05, 4.69) is 5.32 Å². The van der Waals surface area contributed by atoms with Crippen molar-refractivity contribution in [1.82, 2.24) is 15.5 Å². The summed E-state index contributed by atoms with van der Waals surface area (Å²) >= 11 is 0. The van der Waals surface area contributed by atoms with Crippen molar-refractivity contribution in [2.24, 2.45) is 0 Å². The normalized spacial score (nSPS) is 25.4. The van der Waals surface area contributed by atoms with E-state index in [0.29, 0.717) is 24.8 Å². The van der Waals surface area contributed by atoms with Crippen molar-refractivity contribution in [3.05, 3.63) is 0 Å². The maximum atomic E-state index is 12.7. The number of hydrogen-bond acceptors (Lipinski definition) is 3. The van der Waals surface area contributed by atoms with Crippen LogP contribution in [0.5, 0.6) is 0 Å². The van der Waals surface area contributed by atoms with Crippen LogP contribution in [0.3, 0.4) is 0 Å². The number of halogens is 3. The zero-order valence-corrected chi connectivity index (χ0v) is 9.52. The minimum absolute atomic E-state index is 0.0306. The number of alkyl halides is 3. The van der Waals surface area contributed by atoms with Gasteiger partial charge in [0.05, 0.1) is 0 Å². The maximum absolute atomic E-state index is 12.7. The molecule has 5 nitrogen and oxygen atoms in total. The number of nitrogens with one attached hydrogen (secondary N) is 2. The monoisotopic (exact) mass is 253 g/mol. The van der Waals surface area contributed by atoms with E-state index in [-0.39, 0.29) is 6.54 Å². The van der Waals surface area contributed by atoms with Crippen molar-refractivity contribution in [3.63, 3.8) is 0 Å². The van der Waals surface area contributed by atoms with Crippen LogP contribution < -0.4 is 10.6 Å². The topological polar surface area (TPSA) is 61.4 Å². The highest BCUT2D eigenvalue weighted by molar-refractivity contribution is 6.07. The molecule has 8 heteroatoms. The number of rotatable bonds is 4. The summed E-state index contributed by atoms with van der Waals surface area (Å²) in [6.07, 6.45) is -4.39. The number of carbonyl (C=O) groups excluding carboxylic acids is 2. The third-order valence-corrected chi connectivity index (χ3v) is 2.65. The Bertz CT molecular complexity index is 332. The second-order valence-electron chi connectivity index (χ2n) is 3.97. The molecule has 0 spiro atoms. The summed E-state index contributed by atoms with van der Waals surface area (Å²) in [5.41, 5.74) is -2.80. The predicted octanol–water partition coefficient (Wildman–Crippen LogP) is 0.469. The lowest BCUT2D eigenvalue weighted by atomic mass is 10.0. The van der Waals surface area contributed by atoms with Crippen molar-refractivity contribution in [1.29, 1.82) is 0 Å². The summed E-state index contributed by atoms with van der Waals surface area (Å²) in [5, 5.41) is 4.47. The van der Waals surface area contributed by atoms with Gasteiger partial charge in [0.15, 0.2) is 0 Å². The lowest BCUT2D eigenvalue weighted by Gasteiger charge is -2.24. The summed E-state index contributed by atoms with van der Waals surface area (Å²) in [4.78, 5) is 23.5. The molecule has 1 heterocycles. The van der Waals surface area contributed by atoms with E-state index in [4.69, 9.17) is 0 Å². The fourth-order valence-corrected chi connectivity index (χ4v) is 1.51. The Morgan fingerprint density at radius 1 is 1.41 bits per heavy atom. The van der Waals surface area contributed by atoms with E-state index in [9.17, 15) is 22.8 Å². The molecular weight excluding hydrogens is 239 g/mol. The average Bonchev–Trinajstić information content (AvgIpc) is 2.42. The van der Waals surface area contributed by atoms with Gasteiger partial charge in [-0.05, 0) is 26.9 Å². The Balaban J connectivity index is 2.79. The van der Waals surface area contributed by atoms with E-state index in [1.807, 2.05) is 0 Å². The molecule has 1 aliphatic rings. The first-order chi connectivity index (χ1) is 7.74. The lowest BCUT2D eigenvalue weighted by Crippen LogP contribution is -2.56. The molecule has 1 saturated heterocycles. The fourth-order valence-electron chi connectivity index (χ4n) is 1.51. The number of amides is 3. The van der Waals surface area contributed by atoms with Crippen LogP contribution >= 0.6 is 0 Å². The molecule has 3 amide bonds. The molecule has 1 atom stereocenters. The van der Waals surface area contributed by atoms with Crippen LogP contribution in [0.4, 0.5) is 18.0 Å². The van der Waals surface area contributed by atoms with Gasteiger partial charge in [-0.25, -0.2) is 4.79 Å². The van der Waals surface area contributed by atoms with Crippen molar-refractivity contribution in [2.45, 2.75) is 25.1 Å². The quantitative estimate of drug-likeness (QED) is 0.565. The van der Waals surface area contributed by atoms with E-state index in [1.165, 1.54) is 0 Å². The molecule has 1 aliphatic heterocycles. The highest BCUT2D eigenvalue weighted by atomic mass is 19.4. The number of urea groups is 1. The minimum atomic E-state index is -4.79. The molecule has 1 unspecified atom stereocenters. The van der Waals surface area contributed by atoms with Crippen LogP contribution in [0, 0.1) is 0 Å². The second kappa shape index (κ2) is 4.52. The van der Waals surface area contributed by atoms with Crippen LogP contribution in [0.15, 0.2) is 0 Å². The van der Waals surface area contributed by atoms with Crippen molar-refractivity contribution < 1.29 is 22.8 Å². The van der Waals surface area contributed by atoms with Crippen LogP contribution in [0.1, 0.15) is 13.3 Å². The SMILES string of the molecule is CNCCCN1C(=O)NC(C)(C(F)(F)F)C1=O. The fraction of sp³-hybridized carbons (Fsp3) is 0.778. The Hall–Kier alpha value is -1.31. The van der Waals surface area contributed by atoms with Crippen LogP contribution in [0.25, 0.3) is 0 Å². The molecule has 0 radical (unpaired) electrons. The second-order valence-corrected chi connectivity index (χ2v) is 3.97. The Kier molecular flexibility index (Phi) is 3.65. The van der Waals surface area contributed by atoms with Crippen molar-refractivity contribution >= 4 is 11.9 Å².